The van der Waals surface area contributed by atoms with Crippen molar-refractivity contribution < 1.29 is 0 Å². The van der Waals surface area contributed by atoms with Crippen molar-refractivity contribution >= 4 is 13.3 Å². The van der Waals surface area contributed by atoms with Gasteiger partial charge in [-0.05, 0) is 11.3 Å². The second-order valence-electron chi connectivity index (χ2n) is 2.83. The highest BCUT2D eigenvalue weighted by molar-refractivity contribution is 7.03. The first-order valence-corrected chi connectivity index (χ1v) is 6.39. The summed E-state index contributed by atoms with van der Waals surface area (Å²) in [6, 6.07) is 10.9. The fourth-order valence-electron chi connectivity index (χ4n) is 1.28. The first kappa shape index (κ1) is 9.74. The van der Waals surface area contributed by atoms with Gasteiger partial charge in [-0.15, -0.1) is 19.7 Å². The van der Waals surface area contributed by atoms with E-state index in [0.717, 1.165) is 0 Å². The average Bonchev–Trinajstić information content (AvgIpc) is 2.23. The smallest absolute Gasteiger partial charge is 0.106 e. The van der Waals surface area contributed by atoms with E-state index in [1.165, 1.54) is 5.19 Å². The van der Waals surface area contributed by atoms with Crippen molar-refractivity contribution in [3.8, 4) is 0 Å². The monoisotopic (exact) mass is 185 g/mol. The molecular weight excluding hydrogens is 172 g/mol. The van der Waals surface area contributed by atoms with Crippen molar-refractivity contribution in [2.24, 2.45) is 0 Å². The van der Waals surface area contributed by atoms with Crippen LogP contribution in [0.4, 0.5) is 0 Å². The Kier molecular flexibility index (Phi) is 3.04. The molecule has 0 heterocycles. The van der Waals surface area contributed by atoms with E-state index in [1.54, 1.807) is 0 Å². The number of hydrogen-bond acceptors (Lipinski definition) is 0. The van der Waals surface area contributed by atoms with Gasteiger partial charge in [-0.1, -0.05) is 41.4 Å². The van der Waals surface area contributed by atoms with Crippen LogP contribution < -0.4 is 5.19 Å². The molecule has 0 aromatic heterocycles. The van der Waals surface area contributed by atoms with Gasteiger partial charge in [-0.25, -0.2) is 0 Å². The molecule has 0 atom stereocenters. The van der Waals surface area contributed by atoms with Crippen molar-refractivity contribution in [1.29, 1.82) is 0 Å². The van der Waals surface area contributed by atoms with Gasteiger partial charge >= 0.3 is 0 Å². The fraction of sp³-hybridized carbons (Fsp3) is 0. The van der Waals surface area contributed by atoms with Gasteiger partial charge in [0.1, 0.15) is 0 Å². The zero-order chi connectivity index (χ0) is 9.73. The third-order valence-corrected chi connectivity index (χ3v) is 5.59. The van der Waals surface area contributed by atoms with Crippen LogP contribution in [0.5, 0.6) is 0 Å². The van der Waals surface area contributed by atoms with E-state index in [1.807, 2.05) is 29.2 Å². The summed E-state index contributed by atoms with van der Waals surface area (Å²) in [5.41, 5.74) is 5.92. The molecule has 0 saturated carbocycles. The van der Waals surface area contributed by atoms with Crippen LogP contribution >= 0.6 is 0 Å². The SMILES string of the molecule is C=C[Si](C=C)(C=C)c1cc[c]cc1. The molecule has 0 aliphatic rings. The zero-order valence-corrected chi connectivity index (χ0v) is 8.66. The topological polar surface area (TPSA) is 0 Å². The van der Waals surface area contributed by atoms with Gasteiger partial charge < -0.3 is 0 Å². The minimum absolute atomic E-state index is 1.26. The van der Waals surface area contributed by atoms with E-state index in [-0.39, 0.29) is 0 Å². The number of hydrogen-bond donors (Lipinski definition) is 0. The van der Waals surface area contributed by atoms with Crippen molar-refractivity contribution in [2.45, 2.75) is 0 Å². The fourth-order valence-corrected chi connectivity index (χ4v) is 3.23. The van der Waals surface area contributed by atoms with Gasteiger partial charge in [0, 0.05) is 0 Å². The maximum absolute atomic E-state index is 3.86. The third kappa shape index (κ3) is 1.70. The van der Waals surface area contributed by atoms with Crippen LogP contribution in [0, 0.1) is 6.07 Å². The molecule has 0 saturated heterocycles. The van der Waals surface area contributed by atoms with E-state index in [0.29, 0.717) is 0 Å². The van der Waals surface area contributed by atoms with Crippen molar-refractivity contribution in [2.75, 3.05) is 0 Å². The van der Waals surface area contributed by atoms with Crippen LogP contribution in [0.15, 0.2) is 61.1 Å². The Morgan fingerprint density at radius 1 is 1.00 bits per heavy atom. The van der Waals surface area contributed by atoms with E-state index in [9.17, 15) is 0 Å². The first-order chi connectivity index (χ1) is 6.29. The molecular formula is C12H13Si. The number of benzene rings is 1. The summed E-state index contributed by atoms with van der Waals surface area (Å²) in [6.07, 6.45) is 0. The predicted octanol–water partition coefficient (Wildman–Crippen LogP) is 2.32. The van der Waals surface area contributed by atoms with E-state index >= 15 is 0 Å². The van der Waals surface area contributed by atoms with Crippen LogP contribution in [-0.4, -0.2) is 8.07 Å². The maximum Gasteiger partial charge on any atom is 0.156 e. The second-order valence-corrected chi connectivity index (χ2v) is 6.50. The molecule has 0 N–H and O–H groups in total. The molecule has 0 nitrogen and oxygen atoms in total. The molecule has 65 valence electrons. The lowest BCUT2D eigenvalue weighted by atomic mass is 10.4. The van der Waals surface area contributed by atoms with Gasteiger partial charge in [0.25, 0.3) is 0 Å². The summed E-state index contributed by atoms with van der Waals surface area (Å²) >= 11 is 0. The molecule has 0 aliphatic carbocycles. The molecule has 1 rings (SSSR count). The quantitative estimate of drug-likeness (QED) is 0.632. The second kappa shape index (κ2) is 4.05. The zero-order valence-electron chi connectivity index (χ0n) is 7.66. The Morgan fingerprint density at radius 2 is 1.46 bits per heavy atom. The van der Waals surface area contributed by atoms with Gasteiger partial charge in [0.15, 0.2) is 8.07 Å². The molecule has 1 aromatic rings. The van der Waals surface area contributed by atoms with Crippen molar-refractivity contribution in [1.82, 2.24) is 0 Å². The minimum Gasteiger partial charge on any atom is -0.106 e. The molecule has 0 fully saturated rings. The molecule has 0 amide bonds. The molecule has 1 heteroatoms. The highest BCUT2D eigenvalue weighted by Gasteiger charge is 2.23. The summed E-state index contributed by atoms with van der Waals surface area (Å²) < 4.78 is 0. The van der Waals surface area contributed by atoms with Crippen LogP contribution in [0.3, 0.4) is 0 Å². The minimum atomic E-state index is -1.82. The molecule has 0 spiro atoms. The summed E-state index contributed by atoms with van der Waals surface area (Å²) in [5.74, 6) is 0. The summed E-state index contributed by atoms with van der Waals surface area (Å²) in [7, 11) is -1.82. The van der Waals surface area contributed by atoms with Gasteiger partial charge in [0.05, 0.1) is 0 Å². The van der Waals surface area contributed by atoms with E-state index < -0.39 is 8.07 Å². The molecule has 1 aromatic carbocycles. The van der Waals surface area contributed by atoms with Crippen LogP contribution in [0.2, 0.25) is 0 Å². The maximum atomic E-state index is 3.86. The lowest BCUT2D eigenvalue weighted by molar-refractivity contribution is 1.73. The van der Waals surface area contributed by atoms with E-state index in [2.05, 4.69) is 37.9 Å². The highest BCUT2D eigenvalue weighted by atomic mass is 28.3. The highest BCUT2D eigenvalue weighted by Crippen LogP contribution is 2.07. The predicted molar refractivity (Wildman–Crippen MR) is 61.3 cm³/mol. The Bertz CT molecular complexity index is 289. The largest absolute Gasteiger partial charge is 0.156 e. The first-order valence-electron chi connectivity index (χ1n) is 4.16. The third-order valence-electron chi connectivity index (χ3n) is 2.23. The lowest BCUT2D eigenvalue weighted by Crippen LogP contribution is -2.42. The van der Waals surface area contributed by atoms with E-state index in [4.69, 9.17) is 0 Å². The Hall–Kier alpha value is -1.34. The Balaban J connectivity index is 3.23. The Labute approximate surface area is 80.9 Å². The average molecular weight is 185 g/mol. The molecule has 1 radical (unpaired) electrons. The van der Waals surface area contributed by atoms with Gasteiger partial charge in [-0.2, -0.15) is 0 Å². The van der Waals surface area contributed by atoms with Crippen LogP contribution in [0.25, 0.3) is 0 Å². The molecule has 0 unspecified atom stereocenters. The lowest BCUT2D eigenvalue weighted by Gasteiger charge is -2.19. The van der Waals surface area contributed by atoms with Crippen LogP contribution in [0.1, 0.15) is 0 Å². The Morgan fingerprint density at radius 3 is 1.85 bits per heavy atom. The summed E-state index contributed by atoms with van der Waals surface area (Å²) in [4.78, 5) is 0. The standard InChI is InChI=1S/C12H13Si/c1-4-13(5-2,6-3)12-10-8-7-9-11-12/h4-6,8-11H,1-3H2. The summed E-state index contributed by atoms with van der Waals surface area (Å²) in [5, 5.41) is 1.26. The van der Waals surface area contributed by atoms with Crippen LogP contribution in [-0.2, 0) is 0 Å². The van der Waals surface area contributed by atoms with Crippen molar-refractivity contribution in [3.05, 3.63) is 67.2 Å². The van der Waals surface area contributed by atoms with Gasteiger partial charge in [-0.3, -0.25) is 0 Å². The number of rotatable bonds is 4. The molecule has 0 aliphatic heterocycles. The summed E-state index contributed by atoms with van der Waals surface area (Å²) in [6.45, 7) is 11.6. The molecule has 13 heavy (non-hydrogen) atoms. The molecule has 0 bridgehead atoms. The van der Waals surface area contributed by atoms with Gasteiger partial charge in [0.2, 0.25) is 0 Å². The normalized spacial score (nSPS) is 10.5. The van der Waals surface area contributed by atoms with Crippen molar-refractivity contribution in [3.63, 3.8) is 0 Å².